The Morgan fingerprint density at radius 2 is 2.03 bits per heavy atom. The fourth-order valence-electron chi connectivity index (χ4n) is 5.26. The van der Waals surface area contributed by atoms with Crippen LogP contribution in [0.5, 0.6) is 0 Å². The van der Waals surface area contributed by atoms with Crippen molar-refractivity contribution in [1.82, 2.24) is 35.2 Å². The minimum Gasteiger partial charge on any atom is -0.309 e. The number of nitrogens with one attached hydrogen (secondary N) is 3. The molecule has 33 heavy (non-hydrogen) atoms. The second-order valence-corrected chi connectivity index (χ2v) is 9.58. The molecule has 3 aromatic rings. The van der Waals surface area contributed by atoms with Crippen LogP contribution in [-0.2, 0) is 11.3 Å². The first-order valence-corrected chi connectivity index (χ1v) is 11.5. The third kappa shape index (κ3) is 3.68. The van der Waals surface area contributed by atoms with E-state index in [0.717, 1.165) is 5.56 Å². The number of fused-ring (bicyclic) bond motifs is 2. The number of halogens is 3. The largest absolute Gasteiger partial charge is 0.309 e. The summed E-state index contributed by atoms with van der Waals surface area (Å²) in [7, 11) is 0. The third-order valence-electron chi connectivity index (χ3n) is 7.05. The number of carbonyl (C=O) groups is 1. The number of amides is 1. The quantitative estimate of drug-likeness (QED) is 0.484. The van der Waals surface area contributed by atoms with Crippen molar-refractivity contribution < 1.29 is 13.6 Å². The lowest BCUT2D eigenvalue weighted by Gasteiger charge is -2.43. The van der Waals surface area contributed by atoms with Crippen molar-refractivity contribution in [1.29, 1.82) is 0 Å². The van der Waals surface area contributed by atoms with E-state index in [1.165, 1.54) is 4.80 Å². The van der Waals surface area contributed by atoms with Crippen molar-refractivity contribution in [3.63, 3.8) is 0 Å². The number of nitrogens with zero attached hydrogens (tertiary/aromatic N) is 5. The monoisotopic (exact) mass is 476 g/mol. The lowest BCUT2D eigenvalue weighted by atomic mass is 9.68. The average Bonchev–Trinajstić information content (AvgIpc) is 3.22. The molecular formula is C21H23ClF2N8O. The zero-order valence-corrected chi connectivity index (χ0v) is 18.2. The lowest BCUT2D eigenvalue weighted by molar-refractivity contribution is -0.117. The molecule has 2 aliphatic carbocycles. The fraction of sp³-hybridized carbons (Fsp3) is 0.524. The zero-order chi connectivity index (χ0) is 22.7. The molecule has 0 radical (unpaired) electrons. The first-order valence-electron chi connectivity index (χ1n) is 11.0. The molecule has 174 valence electrons. The maximum atomic E-state index is 15.6. The molecule has 0 bridgehead atoms. The van der Waals surface area contributed by atoms with Gasteiger partial charge in [0.15, 0.2) is 5.82 Å². The summed E-state index contributed by atoms with van der Waals surface area (Å²) in [5, 5.41) is 10.2. The smallest absolute Gasteiger partial charge is 0.231 e. The third-order valence-corrected chi connectivity index (χ3v) is 7.56. The highest BCUT2D eigenvalue weighted by Gasteiger charge is 2.53. The van der Waals surface area contributed by atoms with E-state index in [9.17, 15) is 9.18 Å². The first-order chi connectivity index (χ1) is 16.0. The molecule has 8 atom stereocenters. The minimum atomic E-state index is -1.27. The molecule has 1 saturated heterocycles. The number of hydrogen-bond donors (Lipinski definition) is 3. The average molecular weight is 477 g/mol. The Morgan fingerprint density at radius 1 is 1.24 bits per heavy atom. The summed E-state index contributed by atoms with van der Waals surface area (Å²) in [6.07, 6.45) is 4.64. The van der Waals surface area contributed by atoms with Crippen LogP contribution < -0.4 is 16.2 Å². The van der Waals surface area contributed by atoms with E-state index in [4.69, 9.17) is 11.6 Å². The van der Waals surface area contributed by atoms with Gasteiger partial charge in [0.25, 0.3) is 0 Å². The van der Waals surface area contributed by atoms with Crippen LogP contribution in [0.3, 0.4) is 0 Å². The normalized spacial score (nSPS) is 35.5. The molecule has 2 saturated carbocycles. The summed E-state index contributed by atoms with van der Waals surface area (Å²) in [5.74, 6) is -1.13. The van der Waals surface area contributed by atoms with E-state index < -0.39 is 23.6 Å². The number of aromatic nitrogens is 5. The number of anilines is 1. The minimum absolute atomic E-state index is 0.0663. The number of carbonyl (C=O) groups excluding carboxylic acids is 1. The molecule has 3 aliphatic rings. The van der Waals surface area contributed by atoms with Gasteiger partial charge in [0.2, 0.25) is 5.91 Å². The lowest BCUT2D eigenvalue weighted by Crippen LogP contribution is -2.54. The molecule has 1 amide bonds. The molecule has 1 aliphatic heterocycles. The molecule has 12 heteroatoms. The van der Waals surface area contributed by atoms with Crippen molar-refractivity contribution in [2.45, 2.75) is 42.6 Å². The summed E-state index contributed by atoms with van der Waals surface area (Å²) in [5.41, 5.74) is 7.93. The Morgan fingerprint density at radius 3 is 2.79 bits per heavy atom. The Kier molecular flexibility index (Phi) is 5.07. The predicted octanol–water partition coefficient (Wildman–Crippen LogP) is 1.67. The number of hydrogen-bond acceptors (Lipinski definition) is 6. The topological polar surface area (TPSA) is 101 Å². The van der Waals surface area contributed by atoms with Gasteiger partial charge in [-0.2, -0.15) is 15.0 Å². The number of rotatable bonds is 5. The van der Waals surface area contributed by atoms with Gasteiger partial charge in [0.05, 0.1) is 36.4 Å². The van der Waals surface area contributed by atoms with E-state index >= 15 is 4.39 Å². The van der Waals surface area contributed by atoms with E-state index in [-0.39, 0.29) is 36.1 Å². The summed E-state index contributed by atoms with van der Waals surface area (Å²) in [6, 6.07) is 3.59. The van der Waals surface area contributed by atoms with Gasteiger partial charge in [-0.25, -0.2) is 13.8 Å². The number of hydrazine groups is 1. The molecule has 6 unspecified atom stereocenters. The van der Waals surface area contributed by atoms with E-state index in [0.29, 0.717) is 24.6 Å². The zero-order valence-electron chi connectivity index (χ0n) is 17.5. The second kappa shape index (κ2) is 8.00. The summed E-state index contributed by atoms with van der Waals surface area (Å²) in [6.45, 7) is 0.994. The van der Waals surface area contributed by atoms with Crippen molar-refractivity contribution in [2.24, 2.45) is 17.8 Å². The molecule has 4 heterocycles. The van der Waals surface area contributed by atoms with E-state index in [1.807, 2.05) is 18.3 Å². The molecular weight excluding hydrogens is 454 g/mol. The Labute approximate surface area is 192 Å². The first kappa shape index (κ1) is 20.9. The van der Waals surface area contributed by atoms with Gasteiger partial charge in [-0.05, 0) is 24.0 Å². The van der Waals surface area contributed by atoms with Gasteiger partial charge in [-0.1, -0.05) is 6.07 Å². The maximum absolute atomic E-state index is 15.6. The Bertz CT molecular complexity index is 1170. The maximum Gasteiger partial charge on any atom is 0.231 e. The Hall–Kier alpha value is -2.63. The van der Waals surface area contributed by atoms with Crippen LogP contribution in [-0.4, -0.2) is 60.6 Å². The van der Waals surface area contributed by atoms with Crippen LogP contribution in [0, 0.1) is 17.8 Å². The highest BCUT2D eigenvalue weighted by atomic mass is 35.5. The van der Waals surface area contributed by atoms with Crippen LogP contribution in [0.4, 0.5) is 14.6 Å². The summed E-state index contributed by atoms with van der Waals surface area (Å²) < 4.78 is 30.6. The molecule has 6 rings (SSSR count). The number of pyridine rings is 1. The number of alkyl halides is 3. The van der Waals surface area contributed by atoms with Gasteiger partial charge in [0.1, 0.15) is 18.0 Å². The van der Waals surface area contributed by atoms with Crippen LogP contribution in [0.2, 0.25) is 0 Å². The van der Waals surface area contributed by atoms with Gasteiger partial charge in [0, 0.05) is 30.6 Å². The molecule has 0 spiro atoms. The van der Waals surface area contributed by atoms with E-state index in [1.54, 1.807) is 23.0 Å². The van der Waals surface area contributed by atoms with Crippen LogP contribution >= 0.6 is 11.6 Å². The highest BCUT2D eigenvalue weighted by molar-refractivity contribution is 6.21. The fourth-order valence-corrected chi connectivity index (χ4v) is 5.78. The van der Waals surface area contributed by atoms with Crippen molar-refractivity contribution in [3.8, 4) is 0 Å². The van der Waals surface area contributed by atoms with Crippen LogP contribution in [0.15, 0.2) is 36.9 Å². The van der Waals surface area contributed by atoms with Crippen LogP contribution in [0.25, 0.3) is 5.65 Å². The SMILES string of the molecule is O=C(Nc1cn2cc(C3C(Cl)C(F)C(Cn4nccn4)C4NNCC43)ccc2n1)[C@@H]1C[C@@H]1F. The Balaban J connectivity index is 1.26. The molecule has 9 nitrogen and oxygen atoms in total. The molecule has 3 fully saturated rings. The van der Waals surface area contributed by atoms with Crippen molar-refractivity contribution in [3.05, 3.63) is 42.5 Å². The van der Waals surface area contributed by atoms with Crippen molar-refractivity contribution >= 4 is 29.0 Å². The van der Waals surface area contributed by atoms with Gasteiger partial charge in [-0.15, -0.1) is 11.6 Å². The van der Waals surface area contributed by atoms with Crippen molar-refractivity contribution in [2.75, 3.05) is 11.9 Å². The highest BCUT2D eigenvalue weighted by Crippen LogP contribution is 2.46. The number of imidazole rings is 1. The van der Waals surface area contributed by atoms with E-state index in [2.05, 4.69) is 31.3 Å². The van der Waals surface area contributed by atoms with Gasteiger partial charge >= 0.3 is 0 Å². The predicted molar refractivity (Wildman–Crippen MR) is 116 cm³/mol. The molecule has 3 aromatic heterocycles. The standard InChI is InChI=1S/C21H23ClF2N8O/c22-18-17(12-6-25-30-20(12)13(19(18)24)8-32-26-3-4-27-32)10-1-2-16-28-15(9-31(16)7-10)29-21(33)11-5-14(11)23/h1-4,7,9,11-14,17-20,25,30H,5-6,8H2,(H,29,33)/t11-,12?,13?,14+,17?,18?,19?,20?/m1/s1. The van der Waals surface area contributed by atoms with Gasteiger partial charge in [-0.3, -0.25) is 15.6 Å². The second-order valence-electron chi connectivity index (χ2n) is 9.08. The van der Waals surface area contributed by atoms with Gasteiger partial charge < -0.3 is 9.72 Å². The molecule has 0 aromatic carbocycles. The summed E-state index contributed by atoms with van der Waals surface area (Å²) in [4.78, 5) is 17.9. The summed E-state index contributed by atoms with van der Waals surface area (Å²) >= 11 is 6.75. The van der Waals surface area contributed by atoms with Crippen LogP contribution in [0.1, 0.15) is 17.9 Å². The molecule has 3 N–H and O–H groups in total.